The van der Waals surface area contributed by atoms with Crippen LogP contribution in [0, 0.1) is 5.92 Å². The number of nitrogens with zero attached hydrogens (tertiary/aromatic N) is 1. The topological polar surface area (TPSA) is 122 Å². The van der Waals surface area contributed by atoms with Gasteiger partial charge in [-0.3, -0.25) is 14.4 Å². The molecule has 2 aliphatic heterocycles. The predicted octanol–water partition coefficient (Wildman–Crippen LogP) is 2.26. The maximum absolute atomic E-state index is 13.2. The maximum atomic E-state index is 13.2. The van der Waals surface area contributed by atoms with Gasteiger partial charge in [0.05, 0.1) is 16.5 Å². The first-order chi connectivity index (χ1) is 15.2. The first kappa shape index (κ1) is 22.0. The van der Waals surface area contributed by atoms with Crippen molar-refractivity contribution >= 4 is 39.0 Å². The van der Waals surface area contributed by atoms with E-state index in [-0.39, 0.29) is 35.6 Å². The Morgan fingerprint density at radius 3 is 2.78 bits per heavy atom. The van der Waals surface area contributed by atoms with Crippen molar-refractivity contribution in [3.8, 4) is 5.75 Å². The number of ketones is 1. The molecule has 10 heteroatoms. The van der Waals surface area contributed by atoms with Gasteiger partial charge >= 0.3 is 0 Å². The van der Waals surface area contributed by atoms with Crippen LogP contribution in [-0.2, 0) is 19.6 Å². The minimum Gasteiger partial charge on any atom is -0.482 e. The SMILES string of the molecule is CC(=O)c1cccc(NC(=O)[C@H]2CCCN(S(=O)(=O)c3ccc4c(c3)NC(=O)CO4)C2)c1. The molecule has 0 bridgehead atoms. The maximum Gasteiger partial charge on any atom is 0.262 e. The number of benzene rings is 2. The highest BCUT2D eigenvalue weighted by Gasteiger charge is 2.34. The van der Waals surface area contributed by atoms with Gasteiger partial charge in [-0.2, -0.15) is 4.31 Å². The van der Waals surface area contributed by atoms with Crippen LogP contribution in [0.2, 0.25) is 0 Å². The molecule has 2 heterocycles. The summed E-state index contributed by atoms with van der Waals surface area (Å²) in [5.74, 6) is -0.873. The van der Waals surface area contributed by atoms with Crippen molar-refractivity contribution in [3.63, 3.8) is 0 Å². The molecule has 2 amide bonds. The normalized spacial score (nSPS) is 18.8. The summed E-state index contributed by atoms with van der Waals surface area (Å²) in [4.78, 5) is 35.9. The van der Waals surface area contributed by atoms with E-state index in [0.717, 1.165) is 0 Å². The van der Waals surface area contributed by atoms with Crippen molar-refractivity contribution in [2.75, 3.05) is 30.3 Å². The third-order valence-electron chi connectivity index (χ3n) is 5.51. The van der Waals surface area contributed by atoms with Gasteiger partial charge in [-0.1, -0.05) is 12.1 Å². The van der Waals surface area contributed by atoms with E-state index in [4.69, 9.17) is 4.74 Å². The highest BCUT2D eigenvalue weighted by atomic mass is 32.2. The summed E-state index contributed by atoms with van der Waals surface area (Å²) in [6.45, 7) is 1.67. The fourth-order valence-electron chi connectivity index (χ4n) is 3.81. The van der Waals surface area contributed by atoms with Gasteiger partial charge in [-0.15, -0.1) is 0 Å². The molecule has 1 atom stereocenters. The lowest BCUT2D eigenvalue weighted by Crippen LogP contribution is -2.43. The van der Waals surface area contributed by atoms with Crippen molar-refractivity contribution in [2.24, 2.45) is 5.92 Å². The first-order valence-corrected chi connectivity index (χ1v) is 11.7. The highest BCUT2D eigenvalue weighted by Crippen LogP contribution is 2.32. The Kier molecular flexibility index (Phi) is 5.98. The molecule has 2 aromatic rings. The summed E-state index contributed by atoms with van der Waals surface area (Å²) in [6, 6.07) is 11.0. The largest absolute Gasteiger partial charge is 0.482 e. The smallest absolute Gasteiger partial charge is 0.262 e. The van der Waals surface area contributed by atoms with Crippen LogP contribution < -0.4 is 15.4 Å². The number of Topliss-reactive ketones (excluding diaryl/α,β-unsaturated/α-hetero) is 1. The summed E-state index contributed by atoms with van der Waals surface area (Å²) < 4.78 is 33.0. The number of sulfonamides is 1. The summed E-state index contributed by atoms with van der Waals surface area (Å²) in [5.41, 5.74) is 1.28. The molecule has 0 aliphatic carbocycles. The molecule has 1 fully saturated rings. The molecule has 2 N–H and O–H groups in total. The Bertz CT molecular complexity index is 1190. The van der Waals surface area contributed by atoms with Gasteiger partial charge in [0.25, 0.3) is 5.91 Å². The van der Waals surface area contributed by atoms with Crippen molar-refractivity contribution in [3.05, 3.63) is 48.0 Å². The molecule has 2 aromatic carbocycles. The number of rotatable bonds is 5. The van der Waals surface area contributed by atoms with Gasteiger partial charge < -0.3 is 15.4 Å². The lowest BCUT2D eigenvalue weighted by Gasteiger charge is -2.31. The molecular weight excluding hydrogens is 434 g/mol. The average Bonchev–Trinajstić information content (AvgIpc) is 2.78. The third-order valence-corrected chi connectivity index (χ3v) is 7.37. The Balaban J connectivity index is 1.49. The number of piperidine rings is 1. The molecule has 0 unspecified atom stereocenters. The van der Waals surface area contributed by atoms with Crippen LogP contribution in [0.15, 0.2) is 47.4 Å². The van der Waals surface area contributed by atoms with Crippen LogP contribution in [0.4, 0.5) is 11.4 Å². The number of amides is 2. The Labute approximate surface area is 185 Å². The van der Waals surface area contributed by atoms with Gasteiger partial charge in [0.15, 0.2) is 12.4 Å². The molecule has 32 heavy (non-hydrogen) atoms. The number of carbonyl (C=O) groups excluding carboxylic acids is 3. The van der Waals surface area contributed by atoms with Crippen LogP contribution in [0.5, 0.6) is 5.75 Å². The van der Waals surface area contributed by atoms with Gasteiger partial charge in [0, 0.05) is 24.3 Å². The van der Waals surface area contributed by atoms with Crippen LogP contribution in [-0.4, -0.2) is 50.0 Å². The fraction of sp³-hybridized carbons (Fsp3) is 0.318. The standard InChI is InChI=1S/C22H23N3O6S/c1-14(26)15-4-2-6-17(10-15)23-22(28)16-5-3-9-25(12-16)32(29,30)18-7-8-20-19(11-18)24-21(27)13-31-20/h2,4,6-8,10-11,16H,3,5,9,12-13H2,1H3,(H,23,28)(H,24,27)/t16-/m0/s1. The zero-order valence-electron chi connectivity index (χ0n) is 17.5. The number of ether oxygens (including phenoxy) is 1. The zero-order chi connectivity index (χ0) is 22.9. The number of hydrogen-bond donors (Lipinski definition) is 2. The second kappa shape index (κ2) is 8.71. The number of nitrogens with one attached hydrogen (secondary N) is 2. The monoisotopic (exact) mass is 457 g/mol. The summed E-state index contributed by atoms with van der Waals surface area (Å²) in [6.07, 6.45) is 1.09. The number of fused-ring (bicyclic) bond motifs is 1. The Morgan fingerprint density at radius 1 is 1.19 bits per heavy atom. The van der Waals surface area contributed by atoms with Crippen LogP contribution in [0.3, 0.4) is 0 Å². The second-order valence-corrected chi connectivity index (χ2v) is 9.76. The van der Waals surface area contributed by atoms with E-state index in [0.29, 0.717) is 42.1 Å². The van der Waals surface area contributed by atoms with Crippen molar-refractivity contribution in [2.45, 2.75) is 24.7 Å². The van der Waals surface area contributed by atoms with Gasteiger partial charge in [-0.25, -0.2) is 8.42 Å². The van der Waals surface area contributed by atoms with E-state index < -0.39 is 15.9 Å². The summed E-state index contributed by atoms with van der Waals surface area (Å²) >= 11 is 0. The Morgan fingerprint density at radius 2 is 2.00 bits per heavy atom. The molecule has 1 saturated heterocycles. The van der Waals surface area contributed by atoms with E-state index in [1.54, 1.807) is 24.3 Å². The van der Waals surface area contributed by atoms with Crippen LogP contribution in [0.1, 0.15) is 30.1 Å². The van der Waals surface area contributed by atoms with Gasteiger partial charge in [0.1, 0.15) is 5.75 Å². The highest BCUT2D eigenvalue weighted by molar-refractivity contribution is 7.89. The number of anilines is 2. The minimum absolute atomic E-state index is 0.0252. The molecule has 0 saturated carbocycles. The minimum atomic E-state index is -3.87. The van der Waals surface area contributed by atoms with Crippen LogP contribution in [0.25, 0.3) is 0 Å². The van der Waals surface area contributed by atoms with Crippen molar-refractivity contribution in [1.82, 2.24) is 4.31 Å². The van der Waals surface area contributed by atoms with E-state index in [2.05, 4.69) is 10.6 Å². The quantitative estimate of drug-likeness (QED) is 0.664. The third kappa shape index (κ3) is 4.51. The van der Waals surface area contributed by atoms with Gasteiger partial charge in [0.2, 0.25) is 15.9 Å². The predicted molar refractivity (Wildman–Crippen MR) is 117 cm³/mol. The second-order valence-electron chi connectivity index (χ2n) is 7.82. The van der Waals surface area contributed by atoms with Crippen molar-refractivity contribution < 1.29 is 27.5 Å². The van der Waals surface area contributed by atoms with Crippen molar-refractivity contribution in [1.29, 1.82) is 0 Å². The fourth-order valence-corrected chi connectivity index (χ4v) is 5.36. The van der Waals surface area contributed by atoms with E-state index in [1.165, 1.54) is 29.4 Å². The molecular formula is C22H23N3O6S. The van der Waals surface area contributed by atoms with E-state index >= 15 is 0 Å². The lowest BCUT2D eigenvalue weighted by molar-refractivity contribution is -0.121. The molecule has 4 rings (SSSR count). The molecule has 0 spiro atoms. The zero-order valence-corrected chi connectivity index (χ0v) is 18.3. The lowest BCUT2D eigenvalue weighted by atomic mass is 9.98. The van der Waals surface area contributed by atoms with Crippen LogP contribution >= 0.6 is 0 Å². The molecule has 168 valence electrons. The van der Waals surface area contributed by atoms with E-state index in [1.807, 2.05) is 0 Å². The summed E-state index contributed by atoms with van der Waals surface area (Å²) in [7, 11) is -3.87. The first-order valence-electron chi connectivity index (χ1n) is 10.2. The average molecular weight is 458 g/mol. The van der Waals surface area contributed by atoms with Gasteiger partial charge in [-0.05, 0) is 50.1 Å². The van der Waals surface area contributed by atoms with E-state index in [9.17, 15) is 22.8 Å². The molecule has 9 nitrogen and oxygen atoms in total. The molecule has 0 radical (unpaired) electrons. The molecule has 2 aliphatic rings. The number of hydrogen-bond acceptors (Lipinski definition) is 6. The Hall–Kier alpha value is -3.24. The summed E-state index contributed by atoms with van der Waals surface area (Å²) in [5, 5.41) is 5.39. The number of carbonyl (C=O) groups is 3. The molecule has 0 aromatic heterocycles.